The van der Waals surface area contributed by atoms with E-state index in [1.807, 2.05) is 13.8 Å². The largest absolute Gasteiger partial charge is 0.480 e. The van der Waals surface area contributed by atoms with Gasteiger partial charge in [-0.3, -0.25) is 9.59 Å². The summed E-state index contributed by atoms with van der Waals surface area (Å²) in [6.07, 6.45) is 1.10. The maximum atomic E-state index is 12.4. The van der Waals surface area contributed by atoms with Crippen molar-refractivity contribution in [3.63, 3.8) is 0 Å². The first-order chi connectivity index (χ1) is 10.6. The number of nitrogens with two attached hydrogens (primary N) is 1. The molecule has 0 aromatic rings. The molecule has 1 aliphatic rings. The molecule has 0 aliphatic carbocycles. The average molecular weight is 329 g/mol. The molecule has 1 amide bonds. The van der Waals surface area contributed by atoms with Crippen molar-refractivity contribution in [2.24, 2.45) is 17.6 Å². The summed E-state index contributed by atoms with van der Waals surface area (Å²) in [6, 6.07) is -1.11. The summed E-state index contributed by atoms with van der Waals surface area (Å²) in [4.78, 5) is 23.7. The number of amides is 1. The van der Waals surface area contributed by atoms with Crippen LogP contribution in [0.15, 0.2) is 0 Å². The maximum Gasteiger partial charge on any atom is 0.451 e. The lowest BCUT2D eigenvalue weighted by atomic mass is 9.80. The predicted molar refractivity (Wildman–Crippen MR) is 86.5 cm³/mol. The van der Waals surface area contributed by atoms with E-state index in [0.29, 0.717) is 19.4 Å². The monoisotopic (exact) mass is 329 g/mol. The molecule has 0 saturated carbocycles. The average Bonchev–Trinajstić information content (AvgIpc) is 2.81. The molecule has 1 rings (SSSR count). The minimum Gasteiger partial charge on any atom is -0.480 e. The van der Waals surface area contributed by atoms with Crippen molar-refractivity contribution < 1.29 is 24.7 Å². The molecule has 132 valence electrons. The van der Waals surface area contributed by atoms with Crippen LogP contribution < -0.4 is 16.4 Å². The van der Waals surface area contributed by atoms with E-state index >= 15 is 0 Å². The second-order valence-electron chi connectivity index (χ2n) is 6.82. The van der Waals surface area contributed by atoms with Crippen LogP contribution in [0.2, 0.25) is 6.32 Å². The lowest BCUT2D eigenvalue weighted by Gasteiger charge is -2.31. The maximum absolute atomic E-state index is 12.4. The zero-order valence-corrected chi connectivity index (χ0v) is 14.0. The van der Waals surface area contributed by atoms with E-state index in [4.69, 9.17) is 15.8 Å². The lowest BCUT2D eigenvalue weighted by Crippen LogP contribution is -2.58. The van der Waals surface area contributed by atoms with Gasteiger partial charge in [0.1, 0.15) is 6.04 Å². The summed E-state index contributed by atoms with van der Waals surface area (Å²) in [5.74, 6) is -1.67. The second-order valence-corrected chi connectivity index (χ2v) is 6.82. The van der Waals surface area contributed by atoms with Crippen LogP contribution in [0.4, 0.5) is 0 Å². The Hall–Kier alpha value is -1.16. The third kappa shape index (κ3) is 5.17. The third-order valence-corrected chi connectivity index (χ3v) is 4.77. The highest BCUT2D eigenvalue weighted by atomic mass is 16.4. The Labute approximate surface area is 137 Å². The van der Waals surface area contributed by atoms with Crippen LogP contribution in [-0.4, -0.2) is 58.3 Å². The van der Waals surface area contributed by atoms with Crippen molar-refractivity contribution in [3.8, 4) is 0 Å². The Kier molecular flexibility index (Phi) is 7.00. The molecular weight excluding hydrogens is 301 g/mol. The zero-order valence-electron chi connectivity index (χ0n) is 14.0. The van der Waals surface area contributed by atoms with E-state index in [1.165, 1.54) is 0 Å². The minimum atomic E-state index is -1.41. The smallest absolute Gasteiger partial charge is 0.451 e. The molecule has 1 heterocycles. The topological polar surface area (TPSA) is 145 Å². The molecular formula is C14H28BN3O5. The van der Waals surface area contributed by atoms with Crippen molar-refractivity contribution in [2.45, 2.75) is 57.6 Å². The summed E-state index contributed by atoms with van der Waals surface area (Å²) >= 11 is 0. The van der Waals surface area contributed by atoms with E-state index in [1.54, 1.807) is 6.92 Å². The Bertz CT molecular complexity index is 431. The molecule has 0 aromatic heterocycles. The normalized spacial score (nSPS) is 26.8. The highest BCUT2D eigenvalue weighted by Gasteiger charge is 2.42. The Morgan fingerprint density at radius 2 is 2.04 bits per heavy atom. The van der Waals surface area contributed by atoms with Gasteiger partial charge in [0.05, 0.1) is 5.54 Å². The Morgan fingerprint density at radius 3 is 2.52 bits per heavy atom. The van der Waals surface area contributed by atoms with Crippen LogP contribution >= 0.6 is 0 Å². The van der Waals surface area contributed by atoms with Gasteiger partial charge in [0.2, 0.25) is 5.91 Å². The van der Waals surface area contributed by atoms with Crippen molar-refractivity contribution in [1.29, 1.82) is 0 Å². The highest BCUT2D eigenvalue weighted by Crippen LogP contribution is 2.24. The van der Waals surface area contributed by atoms with E-state index in [2.05, 4.69) is 10.6 Å². The van der Waals surface area contributed by atoms with Gasteiger partial charge in [0.25, 0.3) is 0 Å². The number of nitrogens with one attached hydrogen (secondary N) is 2. The summed E-state index contributed by atoms with van der Waals surface area (Å²) in [5, 5.41) is 32.9. The van der Waals surface area contributed by atoms with Gasteiger partial charge in [0.15, 0.2) is 0 Å². The number of carbonyl (C=O) groups is 2. The first kappa shape index (κ1) is 19.9. The highest BCUT2D eigenvalue weighted by molar-refractivity contribution is 6.40. The quantitative estimate of drug-likeness (QED) is 0.306. The van der Waals surface area contributed by atoms with Gasteiger partial charge < -0.3 is 31.5 Å². The molecule has 1 aliphatic heterocycles. The van der Waals surface area contributed by atoms with Crippen LogP contribution in [0.1, 0.15) is 33.6 Å². The molecule has 4 atom stereocenters. The van der Waals surface area contributed by atoms with E-state index in [-0.39, 0.29) is 30.1 Å². The molecule has 1 saturated heterocycles. The molecule has 1 fully saturated rings. The molecule has 23 heavy (non-hydrogen) atoms. The van der Waals surface area contributed by atoms with E-state index < -0.39 is 24.7 Å². The molecule has 0 spiro atoms. The lowest BCUT2D eigenvalue weighted by molar-refractivity contribution is -0.140. The molecule has 0 bridgehead atoms. The Morgan fingerprint density at radius 1 is 1.43 bits per heavy atom. The first-order valence-corrected chi connectivity index (χ1v) is 7.99. The third-order valence-electron chi connectivity index (χ3n) is 4.77. The fourth-order valence-corrected chi connectivity index (χ4v) is 2.71. The van der Waals surface area contributed by atoms with Gasteiger partial charge in [-0.1, -0.05) is 20.3 Å². The summed E-state index contributed by atoms with van der Waals surface area (Å²) in [7, 11) is -1.41. The van der Waals surface area contributed by atoms with Crippen LogP contribution in [0.3, 0.4) is 0 Å². The number of aliphatic carboxylic acids is 1. The molecule has 0 radical (unpaired) electrons. The van der Waals surface area contributed by atoms with Crippen LogP contribution in [0.25, 0.3) is 0 Å². The molecule has 8 nitrogen and oxygen atoms in total. The van der Waals surface area contributed by atoms with Crippen molar-refractivity contribution >= 4 is 19.0 Å². The number of carboxylic acid groups (broad SMARTS) is 1. The fraction of sp³-hybridized carbons (Fsp3) is 0.857. The molecule has 7 N–H and O–H groups in total. The van der Waals surface area contributed by atoms with Gasteiger partial charge in [-0.25, -0.2) is 0 Å². The second kappa shape index (κ2) is 8.10. The molecule has 9 heteroatoms. The Balaban J connectivity index is 2.74. The number of hydrogen-bond donors (Lipinski definition) is 6. The van der Waals surface area contributed by atoms with E-state index in [0.717, 1.165) is 0 Å². The molecule has 0 aromatic carbocycles. The SMILES string of the molecule is CC(C)[C@](C)(N)C(=O)N[C@H]1CN[C@H](C(=O)O)[C@@H]1CCCB(O)O. The summed E-state index contributed by atoms with van der Waals surface area (Å²) in [5.41, 5.74) is 5.01. The number of carboxylic acids is 1. The van der Waals surface area contributed by atoms with Gasteiger partial charge in [-0.2, -0.15) is 0 Å². The van der Waals surface area contributed by atoms with Gasteiger partial charge in [0, 0.05) is 18.5 Å². The standard InChI is InChI=1S/C14H28BN3O5/c1-8(2)14(3,16)13(21)18-10-7-17-11(12(19)20)9(10)5-4-6-15(22)23/h8-11,17,22-23H,4-7,16H2,1-3H3,(H,18,21)(H,19,20)/t9-,10+,11+,14+/m1/s1. The van der Waals surface area contributed by atoms with Crippen LogP contribution in [0.5, 0.6) is 0 Å². The van der Waals surface area contributed by atoms with Gasteiger partial charge >= 0.3 is 13.1 Å². The first-order valence-electron chi connectivity index (χ1n) is 7.99. The van der Waals surface area contributed by atoms with Crippen molar-refractivity contribution in [2.75, 3.05) is 6.54 Å². The van der Waals surface area contributed by atoms with Gasteiger partial charge in [-0.05, 0) is 25.6 Å². The predicted octanol–water partition coefficient (Wildman–Crippen LogP) is -1.23. The van der Waals surface area contributed by atoms with Crippen LogP contribution in [-0.2, 0) is 9.59 Å². The minimum absolute atomic E-state index is 0.0601. The number of rotatable bonds is 8. The zero-order chi connectivity index (χ0) is 17.8. The molecule has 0 unspecified atom stereocenters. The summed E-state index contributed by atoms with van der Waals surface area (Å²) < 4.78 is 0. The number of hydrogen-bond acceptors (Lipinski definition) is 6. The number of carbonyl (C=O) groups excluding carboxylic acids is 1. The summed E-state index contributed by atoms with van der Waals surface area (Å²) in [6.45, 7) is 5.71. The van der Waals surface area contributed by atoms with Gasteiger partial charge in [-0.15, -0.1) is 0 Å². The van der Waals surface area contributed by atoms with Crippen LogP contribution in [0, 0.1) is 11.8 Å². The van der Waals surface area contributed by atoms with E-state index in [9.17, 15) is 14.7 Å². The van der Waals surface area contributed by atoms with Crippen molar-refractivity contribution in [1.82, 2.24) is 10.6 Å². The van der Waals surface area contributed by atoms with Crippen molar-refractivity contribution in [3.05, 3.63) is 0 Å². The fourth-order valence-electron chi connectivity index (χ4n) is 2.71.